The van der Waals surface area contributed by atoms with Gasteiger partial charge in [0.05, 0.1) is 24.4 Å². The number of rotatable bonds is 5. The number of hydrogen-bond donors (Lipinski definition) is 2. The van der Waals surface area contributed by atoms with Gasteiger partial charge >= 0.3 is 6.09 Å². The second kappa shape index (κ2) is 11.1. The first kappa shape index (κ1) is 27.9. The van der Waals surface area contributed by atoms with E-state index in [0.717, 1.165) is 68.8 Å². The number of imidazole rings is 1. The van der Waals surface area contributed by atoms with Gasteiger partial charge in [0, 0.05) is 30.9 Å². The second-order valence-electron chi connectivity index (χ2n) is 12.0. The number of aromatic amines is 1. The zero-order valence-electron chi connectivity index (χ0n) is 24.4. The third-order valence-corrected chi connectivity index (χ3v) is 7.78. The van der Waals surface area contributed by atoms with Crippen molar-refractivity contribution in [1.29, 1.82) is 0 Å². The Hall–Kier alpha value is -3.60. The van der Waals surface area contributed by atoms with Gasteiger partial charge < -0.3 is 29.6 Å². The maximum Gasteiger partial charge on any atom is 0.407 e. The number of benzene rings is 1. The van der Waals surface area contributed by atoms with Crippen molar-refractivity contribution >= 4 is 22.8 Å². The lowest BCUT2D eigenvalue weighted by molar-refractivity contribution is 0.0497. The van der Waals surface area contributed by atoms with E-state index < -0.39 is 5.60 Å². The first-order chi connectivity index (χ1) is 19.0. The fourth-order valence-corrected chi connectivity index (χ4v) is 5.60. The molecule has 2 aliphatic rings. The van der Waals surface area contributed by atoms with Crippen LogP contribution < -0.4 is 20.5 Å². The van der Waals surface area contributed by atoms with Gasteiger partial charge in [-0.1, -0.05) is 0 Å². The van der Waals surface area contributed by atoms with Crippen LogP contribution in [0.5, 0.6) is 5.75 Å². The minimum Gasteiger partial charge on any atom is -0.496 e. The maximum absolute atomic E-state index is 13.4. The molecule has 216 valence electrons. The Bertz CT molecular complexity index is 1420. The van der Waals surface area contributed by atoms with Crippen LogP contribution in [0.2, 0.25) is 0 Å². The summed E-state index contributed by atoms with van der Waals surface area (Å²) in [4.78, 5) is 38.2. The van der Waals surface area contributed by atoms with E-state index in [0.29, 0.717) is 22.6 Å². The van der Waals surface area contributed by atoms with Gasteiger partial charge in [-0.2, -0.15) is 5.10 Å². The molecule has 1 aromatic carbocycles. The van der Waals surface area contributed by atoms with Crippen molar-refractivity contribution in [3.05, 3.63) is 34.2 Å². The van der Waals surface area contributed by atoms with Gasteiger partial charge in [0.2, 0.25) is 0 Å². The molecule has 0 saturated carbocycles. The highest BCUT2D eigenvalue weighted by atomic mass is 16.6. The number of aromatic nitrogens is 4. The minimum absolute atomic E-state index is 0.0817. The molecule has 0 bridgehead atoms. The number of nitrogens with one attached hydrogen (secondary N) is 2. The molecular weight excluding hydrogens is 510 g/mol. The predicted molar refractivity (Wildman–Crippen MR) is 155 cm³/mol. The van der Waals surface area contributed by atoms with Crippen molar-refractivity contribution in [3.63, 3.8) is 0 Å². The van der Waals surface area contributed by atoms with E-state index in [2.05, 4.69) is 38.3 Å². The maximum atomic E-state index is 13.4. The lowest BCUT2D eigenvalue weighted by Crippen LogP contribution is -2.46. The number of alkyl carbamates (subject to hydrolysis) is 1. The minimum atomic E-state index is -0.513. The van der Waals surface area contributed by atoms with Gasteiger partial charge in [0.15, 0.2) is 0 Å². The molecule has 2 fully saturated rings. The van der Waals surface area contributed by atoms with Crippen LogP contribution in [-0.2, 0) is 4.74 Å². The van der Waals surface area contributed by atoms with Crippen LogP contribution in [0.25, 0.3) is 22.4 Å². The molecule has 5 rings (SSSR count). The summed E-state index contributed by atoms with van der Waals surface area (Å²) in [5.74, 6) is 1.26. The molecule has 2 saturated heterocycles. The van der Waals surface area contributed by atoms with Crippen molar-refractivity contribution in [1.82, 2.24) is 30.0 Å². The number of carbonyl (C=O) groups excluding carboxylic acids is 1. The number of ether oxygens (including phenoxy) is 2. The normalized spacial score (nSPS) is 17.8. The van der Waals surface area contributed by atoms with Crippen LogP contribution >= 0.6 is 0 Å². The molecule has 40 heavy (non-hydrogen) atoms. The van der Waals surface area contributed by atoms with Crippen LogP contribution in [0.15, 0.2) is 23.0 Å². The highest BCUT2D eigenvalue weighted by molar-refractivity contribution is 5.82. The number of amides is 1. The molecule has 0 spiro atoms. The number of hydrogen-bond acceptors (Lipinski definition) is 8. The van der Waals surface area contributed by atoms with Gasteiger partial charge in [-0.25, -0.2) is 14.5 Å². The van der Waals surface area contributed by atoms with E-state index in [-0.39, 0.29) is 23.7 Å². The molecule has 0 radical (unpaired) electrons. The van der Waals surface area contributed by atoms with Crippen molar-refractivity contribution < 1.29 is 14.3 Å². The van der Waals surface area contributed by atoms with Crippen LogP contribution in [0, 0.1) is 6.92 Å². The lowest BCUT2D eigenvalue weighted by Gasteiger charge is -2.34. The van der Waals surface area contributed by atoms with E-state index >= 15 is 0 Å². The average Bonchev–Trinajstić information content (AvgIpc) is 3.37. The van der Waals surface area contributed by atoms with Crippen LogP contribution in [0.1, 0.15) is 58.2 Å². The highest BCUT2D eigenvalue weighted by Crippen LogP contribution is 2.34. The van der Waals surface area contributed by atoms with Gasteiger partial charge in [-0.05, 0) is 85.6 Å². The zero-order chi connectivity index (χ0) is 28.6. The Morgan fingerprint density at radius 2 is 1.80 bits per heavy atom. The largest absolute Gasteiger partial charge is 0.496 e. The Labute approximate surface area is 234 Å². The Morgan fingerprint density at radius 3 is 2.45 bits per heavy atom. The molecule has 11 heteroatoms. The number of aryl methyl sites for hydroxylation is 1. The van der Waals surface area contributed by atoms with Gasteiger partial charge in [0.1, 0.15) is 28.2 Å². The van der Waals surface area contributed by atoms with Gasteiger partial charge in [-0.3, -0.25) is 4.79 Å². The summed E-state index contributed by atoms with van der Waals surface area (Å²) in [6.07, 6.45) is 3.08. The smallest absolute Gasteiger partial charge is 0.407 e. The Balaban J connectivity index is 1.33. The number of nitrogens with zero attached hydrogens (tertiary/aromatic N) is 5. The summed E-state index contributed by atoms with van der Waals surface area (Å²) in [5, 5.41) is 7.64. The molecule has 1 amide bonds. The first-order valence-corrected chi connectivity index (χ1v) is 14.1. The lowest BCUT2D eigenvalue weighted by atomic mass is 10.0. The van der Waals surface area contributed by atoms with Crippen LogP contribution in [-0.4, -0.2) is 82.7 Å². The van der Waals surface area contributed by atoms with Crippen LogP contribution in [0.4, 0.5) is 10.5 Å². The standard InChI is InChI=1S/C29H41N7O4/c1-18-24-25(27(37)36(33-18)20-11-13-34(5)14-12-20)32-26(31-24)22-8-7-21(17-23(22)39-6)35-15-9-19(10-16-35)30-28(38)40-29(2,3)4/h7-8,17,19-20H,9-16H2,1-6H3,(H,30,38)(H,31,32). The van der Waals surface area contributed by atoms with E-state index in [4.69, 9.17) is 14.5 Å². The fourth-order valence-electron chi connectivity index (χ4n) is 5.60. The molecule has 0 unspecified atom stereocenters. The van der Waals surface area contributed by atoms with Crippen molar-refractivity contribution in [2.75, 3.05) is 45.2 Å². The van der Waals surface area contributed by atoms with Crippen molar-refractivity contribution in [2.24, 2.45) is 0 Å². The van der Waals surface area contributed by atoms with Crippen molar-refractivity contribution in [3.8, 4) is 17.1 Å². The number of anilines is 1. The SMILES string of the molecule is COc1cc(N2CCC(NC(=O)OC(C)(C)C)CC2)ccc1-c1nc2c(C)nn(C3CCN(C)CC3)c(=O)c2[nH]1. The molecule has 4 heterocycles. The Morgan fingerprint density at radius 1 is 1.10 bits per heavy atom. The number of likely N-dealkylation sites (tertiary alicyclic amines) is 1. The topological polar surface area (TPSA) is 118 Å². The van der Waals surface area contributed by atoms with E-state index in [9.17, 15) is 9.59 Å². The molecule has 2 N–H and O–H groups in total. The second-order valence-corrected chi connectivity index (χ2v) is 12.0. The van der Waals surface area contributed by atoms with Crippen LogP contribution in [0.3, 0.4) is 0 Å². The van der Waals surface area contributed by atoms with E-state index in [1.807, 2.05) is 39.8 Å². The highest BCUT2D eigenvalue weighted by Gasteiger charge is 2.26. The molecular formula is C29H41N7O4. The molecule has 0 aliphatic carbocycles. The quantitative estimate of drug-likeness (QED) is 0.491. The molecule has 11 nitrogen and oxygen atoms in total. The molecule has 2 aliphatic heterocycles. The monoisotopic (exact) mass is 551 g/mol. The Kier molecular flexibility index (Phi) is 7.76. The number of H-pyrrole nitrogens is 1. The van der Waals surface area contributed by atoms with Gasteiger partial charge in [-0.15, -0.1) is 0 Å². The van der Waals surface area contributed by atoms with Crippen molar-refractivity contribution in [2.45, 2.75) is 71.1 Å². The first-order valence-electron chi connectivity index (χ1n) is 14.1. The summed E-state index contributed by atoms with van der Waals surface area (Å²) in [7, 11) is 3.74. The number of methoxy groups -OCH3 is 1. The third kappa shape index (κ3) is 5.94. The summed E-state index contributed by atoms with van der Waals surface area (Å²) in [5.41, 5.74) is 2.98. The number of carbonyl (C=O) groups is 1. The number of piperidine rings is 2. The zero-order valence-corrected chi connectivity index (χ0v) is 24.4. The average molecular weight is 552 g/mol. The van der Waals surface area contributed by atoms with E-state index in [1.54, 1.807) is 11.8 Å². The molecule has 0 atom stereocenters. The van der Waals surface area contributed by atoms with E-state index in [1.165, 1.54) is 0 Å². The summed E-state index contributed by atoms with van der Waals surface area (Å²) in [6.45, 7) is 11.0. The van der Waals surface area contributed by atoms with Gasteiger partial charge in [0.25, 0.3) is 5.56 Å². The summed E-state index contributed by atoms with van der Waals surface area (Å²) in [6, 6.07) is 6.21. The summed E-state index contributed by atoms with van der Waals surface area (Å²) >= 11 is 0. The predicted octanol–water partition coefficient (Wildman–Crippen LogP) is 3.86. The third-order valence-electron chi connectivity index (χ3n) is 7.78. The fraction of sp³-hybridized carbons (Fsp3) is 0.586. The molecule has 3 aromatic rings. The molecule has 2 aromatic heterocycles. The number of fused-ring (bicyclic) bond motifs is 1. The summed E-state index contributed by atoms with van der Waals surface area (Å²) < 4.78 is 12.8.